The smallest absolute Gasteiger partial charge is 0.326 e. The summed E-state index contributed by atoms with van der Waals surface area (Å²) < 4.78 is 0. The van der Waals surface area contributed by atoms with Crippen LogP contribution in [-0.2, 0) is 9.59 Å². The molecule has 1 fully saturated rings. The van der Waals surface area contributed by atoms with Gasteiger partial charge in [-0.3, -0.25) is 4.79 Å². The van der Waals surface area contributed by atoms with Crippen LogP contribution in [0.5, 0.6) is 0 Å². The number of carboxylic acids is 1. The minimum absolute atomic E-state index is 0.186. The highest BCUT2D eigenvalue weighted by atomic mass is 16.4. The van der Waals surface area contributed by atoms with Crippen molar-refractivity contribution in [3.05, 3.63) is 0 Å². The summed E-state index contributed by atoms with van der Waals surface area (Å²) in [5.74, 6) is -1.28. The summed E-state index contributed by atoms with van der Waals surface area (Å²) in [6.45, 7) is 2.38. The molecule has 0 heterocycles. The van der Waals surface area contributed by atoms with Crippen LogP contribution in [-0.4, -0.2) is 41.6 Å². The zero-order valence-corrected chi connectivity index (χ0v) is 14.6. The Morgan fingerprint density at radius 2 is 1.83 bits per heavy atom. The SMILES string of the molecule is CCCCC(NC(=O)CCCNC(=O)NC1CCCCC1)C(=O)O. The molecule has 0 aromatic rings. The number of carbonyl (C=O) groups excluding carboxylic acids is 2. The molecule has 0 aromatic heterocycles. The predicted molar refractivity (Wildman–Crippen MR) is 91.7 cm³/mol. The van der Waals surface area contributed by atoms with E-state index in [0.29, 0.717) is 19.4 Å². The van der Waals surface area contributed by atoms with E-state index in [1.54, 1.807) is 0 Å². The summed E-state index contributed by atoms with van der Waals surface area (Å²) in [7, 11) is 0. The molecule has 3 amide bonds. The van der Waals surface area contributed by atoms with Crippen molar-refractivity contribution in [3.63, 3.8) is 0 Å². The van der Waals surface area contributed by atoms with Crippen molar-refractivity contribution in [2.24, 2.45) is 0 Å². The molecule has 1 unspecified atom stereocenters. The number of urea groups is 1. The van der Waals surface area contributed by atoms with Gasteiger partial charge >= 0.3 is 12.0 Å². The van der Waals surface area contributed by atoms with Gasteiger partial charge in [0.25, 0.3) is 0 Å². The maximum atomic E-state index is 11.8. The van der Waals surface area contributed by atoms with E-state index in [-0.39, 0.29) is 24.4 Å². The molecule has 1 aliphatic carbocycles. The lowest BCUT2D eigenvalue weighted by Crippen LogP contribution is -2.43. The standard InChI is InChI=1S/C17H31N3O4/c1-2-3-10-14(16(22)23)20-15(21)11-7-12-18-17(24)19-13-8-5-4-6-9-13/h13-14H,2-12H2,1H3,(H,20,21)(H,22,23)(H2,18,19,24). The van der Waals surface area contributed by atoms with Gasteiger partial charge in [-0.2, -0.15) is 0 Å². The molecule has 1 rings (SSSR count). The lowest BCUT2D eigenvalue weighted by molar-refractivity contribution is -0.142. The van der Waals surface area contributed by atoms with E-state index < -0.39 is 12.0 Å². The van der Waals surface area contributed by atoms with Crippen LogP contribution >= 0.6 is 0 Å². The Morgan fingerprint density at radius 3 is 2.46 bits per heavy atom. The zero-order chi connectivity index (χ0) is 17.8. The molecular weight excluding hydrogens is 310 g/mol. The molecule has 4 N–H and O–H groups in total. The van der Waals surface area contributed by atoms with E-state index in [9.17, 15) is 14.4 Å². The average Bonchev–Trinajstić information content (AvgIpc) is 2.56. The molecule has 0 aliphatic heterocycles. The molecule has 7 heteroatoms. The summed E-state index contributed by atoms with van der Waals surface area (Å²) >= 11 is 0. The summed E-state index contributed by atoms with van der Waals surface area (Å²) in [6, 6.07) is -0.745. The Morgan fingerprint density at radius 1 is 1.12 bits per heavy atom. The Labute approximate surface area is 144 Å². The topological polar surface area (TPSA) is 108 Å². The van der Waals surface area contributed by atoms with E-state index in [0.717, 1.165) is 38.5 Å². The van der Waals surface area contributed by atoms with Crippen LogP contribution in [0, 0.1) is 0 Å². The van der Waals surface area contributed by atoms with Crippen molar-refractivity contribution in [1.29, 1.82) is 0 Å². The maximum Gasteiger partial charge on any atom is 0.326 e. The highest BCUT2D eigenvalue weighted by Gasteiger charge is 2.19. The number of rotatable bonds is 10. The van der Waals surface area contributed by atoms with Crippen LogP contribution in [0.4, 0.5) is 4.79 Å². The first kappa shape index (κ1) is 20.3. The minimum atomic E-state index is -0.998. The van der Waals surface area contributed by atoms with Crippen molar-refractivity contribution < 1.29 is 19.5 Å². The van der Waals surface area contributed by atoms with Crippen molar-refractivity contribution in [2.75, 3.05) is 6.54 Å². The molecule has 138 valence electrons. The fraction of sp³-hybridized carbons (Fsp3) is 0.824. The third-order valence-corrected chi connectivity index (χ3v) is 4.29. The first-order valence-corrected chi connectivity index (χ1v) is 9.09. The summed E-state index contributed by atoms with van der Waals surface area (Å²) in [5.41, 5.74) is 0. The lowest BCUT2D eigenvalue weighted by atomic mass is 9.96. The highest BCUT2D eigenvalue weighted by molar-refractivity contribution is 5.83. The number of unbranched alkanes of at least 4 members (excludes halogenated alkanes) is 1. The van der Waals surface area contributed by atoms with Crippen molar-refractivity contribution in [1.82, 2.24) is 16.0 Å². The fourth-order valence-electron chi connectivity index (χ4n) is 2.87. The average molecular weight is 341 g/mol. The van der Waals surface area contributed by atoms with Gasteiger partial charge in [0.15, 0.2) is 0 Å². The van der Waals surface area contributed by atoms with Gasteiger partial charge in [0, 0.05) is 19.0 Å². The zero-order valence-electron chi connectivity index (χ0n) is 14.6. The third-order valence-electron chi connectivity index (χ3n) is 4.29. The van der Waals surface area contributed by atoms with Crippen LogP contribution in [0.15, 0.2) is 0 Å². The van der Waals surface area contributed by atoms with Gasteiger partial charge in [-0.15, -0.1) is 0 Å². The van der Waals surface area contributed by atoms with Gasteiger partial charge in [0.1, 0.15) is 6.04 Å². The molecule has 0 aromatic carbocycles. The molecule has 24 heavy (non-hydrogen) atoms. The van der Waals surface area contributed by atoms with Gasteiger partial charge < -0.3 is 21.1 Å². The van der Waals surface area contributed by atoms with E-state index >= 15 is 0 Å². The van der Waals surface area contributed by atoms with E-state index in [4.69, 9.17) is 5.11 Å². The molecule has 0 bridgehead atoms. The molecule has 1 saturated carbocycles. The van der Waals surface area contributed by atoms with Crippen LogP contribution in [0.1, 0.15) is 71.1 Å². The second-order valence-electron chi connectivity index (χ2n) is 6.44. The second kappa shape index (κ2) is 11.7. The normalized spacial score (nSPS) is 16.2. The molecule has 0 saturated heterocycles. The number of carboxylic acid groups (broad SMARTS) is 1. The molecule has 1 atom stereocenters. The fourth-order valence-corrected chi connectivity index (χ4v) is 2.87. The van der Waals surface area contributed by atoms with Crippen molar-refractivity contribution >= 4 is 17.9 Å². The number of hydrogen-bond acceptors (Lipinski definition) is 3. The molecule has 1 aliphatic rings. The molecule has 0 spiro atoms. The summed E-state index contributed by atoms with van der Waals surface area (Å²) in [6.07, 6.45) is 8.42. The molecule has 7 nitrogen and oxygen atoms in total. The Bertz CT molecular complexity index is 409. The summed E-state index contributed by atoms with van der Waals surface area (Å²) in [4.78, 5) is 34.6. The van der Waals surface area contributed by atoms with Crippen molar-refractivity contribution in [3.8, 4) is 0 Å². The first-order valence-electron chi connectivity index (χ1n) is 9.09. The molecular formula is C17H31N3O4. The minimum Gasteiger partial charge on any atom is -0.480 e. The second-order valence-corrected chi connectivity index (χ2v) is 6.44. The van der Waals surface area contributed by atoms with Crippen molar-refractivity contribution in [2.45, 2.75) is 83.2 Å². The number of aliphatic carboxylic acids is 1. The summed E-state index contributed by atoms with van der Waals surface area (Å²) in [5, 5.41) is 17.3. The number of nitrogens with one attached hydrogen (secondary N) is 3. The lowest BCUT2D eigenvalue weighted by Gasteiger charge is -2.22. The number of amides is 3. The first-order chi connectivity index (χ1) is 11.5. The van der Waals surface area contributed by atoms with Gasteiger partial charge in [0.05, 0.1) is 0 Å². The number of carbonyl (C=O) groups is 3. The van der Waals surface area contributed by atoms with Crippen LogP contribution in [0.2, 0.25) is 0 Å². The van der Waals surface area contributed by atoms with E-state index in [2.05, 4.69) is 16.0 Å². The number of hydrogen-bond donors (Lipinski definition) is 4. The predicted octanol–water partition coefficient (Wildman–Crippen LogP) is 2.16. The Kier molecular flexibility index (Phi) is 9.88. The van der Waals surface area contributed by atoms with Crippen LogP contribution in [0.25, 0.3) is 0 Å². The Balaban J connectivity index is 2.13. The third kappa shape index (κ3) is 8.74. The maximum absolute atomic E-state index is 11.8. The Hall–Kier alpha value is -1.79. The molecule has 0 radical (unpaired) electrons. The van der Waals surface area contributed by atoms with Gasteiger partial charge in [-0.05, 0) is 25.7 Å². The largest absolute Gasteiger partial charge is 0.480 e. The van der Waals surface area contributed by atoms with E-state index in [1.165, 1.54) is 6.42 Å². The highest BCUT2D eigenvalue weighted by Crippen LogP contribution is 2.17. The van der Waals surface area contributed by atoms with Crippen LogP contribution in [0.3, 0.4) is 0 Å². The van der Waals surface area contributed by atoms with Gasteiger partial charge in [0.2, 0.25) is 5.91 Å². The van der Waals surface area contributed by atoms with Gasteiger partial charge in [-0.1, -0.05) is 39.0 Å². The van der Waals surface area contributed by atoms with Crippen LogP contribution < -0.4 is 16.0 Å². The van der Waals surface area contributed by atoms with E-state index in [1.807, 2.05) is 6.92 Å². The monoisotopic (exact) mass is 341 g/mol. The van der Waals surface area contributed by atoms with Gasteiger partial charge in [-0.25, -0.2) is 9.59 Å². The quantitative estimate of drug-likeness (QED) is 0.457.